The molecule has 1 heterocycles. The summed E-state index contributed by atoms with van der Waals surface area (Å²) in [6.07, 6.45) is 5.21. The van der Waals surface area contributed by atoms with Crippen LogP contribution in [0.5, 0.6) is 0 Å². The molecule has 12 nitrogen and oxygen atoms in total. The number of hydrogen-bond donors (Lipinski definition) is 3. The maximum Gasteiger partial charge on any atom is 0.267 e. The molecule has 0 radical (unpaired) electrons. The highest BCUT2D eigenvalue weighted by Gasteiger charge is 2.22. The summed E-state index contributed by atoms with van der Waals surface area (Å²) in [5.41, 5.74) is 2.60. The topological polar surface area (TPSA) is 165 Å². The molecule has 1 aromatic heterocycles. The summed E-state index contributed by atoms with van der Waals surface area (Å²) >= 11 is 2.23. The second-order valence-corrected chi connectivity index (χ2v) is 11.8. The predicted molar refractivity (Wildman–Crippen MR) is 165 cm³/mol. The molecule has 4 aromatic rings. The fourth-order valence-corrected chi connectivity index (χ4v) is 4.90. The summed E-state index contributed by atoms with van der Waals surface area (Å²) in [6.45, 7) is 0. The third-order valence-electron chi connectivity index (χ3n) is 5.93. The van der Waals surface area contributed by atoms with E-state index in [0.717, 1.165) is 33.9 Å². The Kier molecular flexibility index (Phi) is 10.3. The van der Waals surface area contributed by atoms with Gasteiger partial charge in [0.25, 0.3) is 5.91 Å². The average molecular weight is 718 g/mol. The number of benzene rings is 3. The van der Waals surface area contributed by atoms with Crippen LogP contribution in [0.1, 0.15) is 27.0 Å². The summed E-state index contributed by atoms with van der Waals surface area (Å²) in [5.74, 6) is -3.39. The van der Waals surface area contributed by atoms with Crippen molar-refractivity contribution >= 4 is 62.1 Å². The quantitative estimate of drug-likeness (QED) is 0.121. The van der Waals surface area contributed by atoms with Gasteiger partial charge in [0.15, 0.2) is 0 Å². The van der Waals surface area contributed by atoms with Crippen molar-refractivity contribution in [1.29, 1.82) is 0 Å². The number of anilines is 1. The molecule has 0 saturated heterocycles. The van der Waals surface area contributed by atoms with Crippen LogP contribution in [0.2, 0.25) is 0 Å². The second-order valence-electron chi connectivity index (χ2n) is 9.25. The molecular weight excluding hydrogens is 692 g/mol. The highest BCUT2D eigenvalue weighted by molar-refractivity contribution is 14.1. The largest absolute Gasteiger partial charge is 0.340 e. The lowest BCUT2D eigenvalue weighted by Gasteiger charge is -2.18. The third kappa shape index (κ3) is 8.99. The molecule has 0 unspecified atom stereocenters. The monoisotopic (exact) mass is 717 g/mol. The number of rotatable bonds is 11. The number of hydrogen-bond acceptors (Lipinski definition) is 8. The highest BCUT2D eigenvalue weighted by atomic mass is 127. The van der Waals surface area contributed by atoms with Gasteiger partial charge in [-0.1, -0.05) is 59.0 Å². The van der Waals surface area contributed by atoms with E-state index in [2.05, 4.69) is 48.7 Å². The van der Waals surface area contributed by atoms with Crippen LogP contribution < -0.4 is 15.4 Å². The fraction of sp³-hybridized carbons (Fsp3) is 0.143. The van der Waals surface area contributed by atoms with E-state index in [0.29, 0.717) is 11.3 Å². The van der Waals surface area contributed by atoms with Crippen LogP contribution >= 0.6 is 22.6 Å². The molecule has 222 valence electrons. The number of halogens is 2. The molecule has 0 saturated carbocycles. The lowest BCUT2D eigenvalue weighted by Crippen LogP contribution is -2.44. The van der Waals surface area contributed by atoms with E-state index >= 15 is 0 Å². The molecule has 0 spiro atoms. The Bertz CT molecular complexity index is 1770. The zero-order valence-electron chi connectivity index (χ0n) is 22.6. The number of carbonyl (C=O) groups is 3. The maximum absolute atomic E-state index is 14.6. The first-order chi connectivity index (χ1) is 20.5. The molecular formula is C28H25FIN7O5S. The molecule has 15 heteroatoms. The van der Waals surface area contributed by atoms with Crippen LogP contribution in [-0.2, 0) is 30.5 Å². The van der Waals surface area contributed by atoms with E-state index in [4.69, 9.17) is 0 Å². The SMILES string of the molecule is CS(=O)(=O)NC(=O)c1ccc(NC(=O)[C@H](Cc2ccccc2)NC(=O)/C=C/c2cc(CI)ccc2-n2cnnn2)cc1F. The Hall–Kier alpha value is -4.51. The minimum Gasteiger partial charge on any atom is -0.340 e. The van der Waals surface area contributed by atoms with Gasteiger partial charge in [0, 0.05) is 28.2 Å². The van der Waals surface area contributed by atoms with E-state index in [1.807, 2.05) is 24.3 Å². The van der Waals surface area contributed by atoms with E-state index < -0.39 is 45.2 Å². The molecule has 3 amide bonds. The first-order valence-corrected chi connectivity index (χ1v) is 16.0. The van der Waals surface area contributed by atoms with Crippen molar-refractivity contribution in [1.82, 2.24) is 30.2 Å². The van der Waals surface area contributed by atoms with Crippen LogP contribution in [0.15, 0.2) is 79.1 Å². The Morgan fingerprint density at radius 2 is 1.81 bits per heavy atom. The molecule has 0 aliphatic carbocycles. The van der Waals surface area contributed by atoms with Crippen LogP contribution in [0, 0.1) is 5.82 Å². The maximum atomic E-state index is 14.6. The predicted octanol–water partition coefficient (Wildman–Crippen LogP) is 2.81. The van der Waals surface area contributed by atoms with Crippen molar-refractivity contribution in [2.24, 2.45) is 0 Å². The van der Waals surface area contributed by atoms with Gasteiger partial charge in [-0.05, 0) is 58.0 Å². The molecule has 3 aromatic carbocycles. The number of carbonyl (C=O) groups excluding carboxylic acids is 3. The zero-order chi connectivity index (χ0) is 31.0. The highest BCUT2D eigenvalue weighted by Crippen LogP contribution is 2.20. The van der Waals surface area contributed by atoms with Crippen molar-refractivity contribution in [3.63, 3.8) is 0 Å². The van der Waals surface area contributed by atoms with Crippen LogP contribution in [-0.4, -0.2) is 58.6 Å². The van der Waals surface area contributed by atoms with Gasteiger partial charge in [0.05, 0.1) is 17.5 Å². The van der Waals surface area contributed by atoms with Gasteiger partial charge in [0.1, 0.15) is 18.2 Å². The van der Waals surface area contributed by atoms with Gasteiger partial charge in [-0.2, -0.15) is 4.68 Å². The fourth-order valence-electron chi connectivity index (χ4n) is 3.98. The number of nitrogens with zero attached hydrogens (tertiary/aromatic N) is 4. The van der Waals surface area contributed by atoms with Crippen LogP contribution in [0.25, 0.3) is 11.8 Å². The van der Waals surface area contributed by atoms with Gasteiger partial charge < -0.3 is 10.6 Å². The van der Waals surface area contributed by atoms with E-state index in [1.54, 1.807) is 35.1 Å². The summed E-state index contributed by atoms with van der Waals surface area (Å²) in [6, 6.07) is 16.8. The third-order valence-corrected chi connectivity index (χ3v) is 7.37. The van der Waals surface area contributed by atoms with Crippen molar-refractivity contribution in [3.8, 4) is 5.69 Å². The number of aromatic nitrogens is 4. The van der Waals surface area contributed by atoms with Crippen molar-refractivity contribution in [3.05, 3.63) is 107 Å². The first-order valence-electron chi connectivity index (χ1n) is 12.6. The Balaban J connectivity index is 1.53. The smallest absolute Gasteiger partial charge is 0.267 e. The van der Waals surface area contributed by atoms with E-state index in [-0.39, 0.29) is 12.1 Å². The van der Waals surface area contributed by atoms with Crippen molar-refractivity contribution < 1.29 is 27.2 Å². The van der Waals surface area contributed by atoms with Gasteiger partial charge in [-0.15, -0.1) is 5.10 Å². The molecule has 1 atom stereocenters. The lowest BCUT2D eigenvalue weighted by molar-refractivity contribution is -0.123. The minimum absolute atomic E-state index is 0.00274. The Morgan fingerprint density at radius 3 is 2.47 bits per heavy atom. The summed E-state index contributed by atoms with van der Waals surface area (Å²) in [5, 5.41) is 16.5. The summed E-state index contributed by atoms with van der Waals surface area (Å²) < 4.78 is 41.2. The van der Waals surface area contributed by atoms with Gasteiger partial charge in [-0.3, -0.25) is 14.4 Å². The van der Waals surface area contributed by atoms with Gasteiger partial charge in [0.2, 0.25) is 21.8 Å². The van der Waals surface area contributed by atoms with E-state index in [1.165, 1.54) is 23.2 Å². The summed E-state index contributed by atoms with van der Waals surface area (Å²) in [4.78, 5) is 38.4. The zero-order valence-corrected chi connectivity index (χ0v) is 25.5. The van der Waals surface area contributed by atoms with Gasteiger partial charge >= 0.3 is 0 Å². The second kappa shape index (κ2) is 14.1. The molecule has 3 N–H and O–H groups in total. The standard InChI is InChI=1S/C28H25FIN7O5S/c1-43(41,42)34-27(39)22-10-9-21(15-23(22)29)32-28(40)24(14-18-5-3-2-4-6-18)33-26(38)12-8-20-13-19(16-30)7-11-25(20)37-17-31-35-36-37/h2-13,15,17,24H,14,16H2,1H3,(H,32,40)(H,33,38)(H,34,39)/b12-8+/t24-/m0/s1. The summed E-state index contributed by atoms with van der Waals surface area (Å²) in [7, 11) is -3.90. The lowest BCUT2D eigenvalue weighted by atomic mass is 10.0. The van der Waals surface area contributed by atoms with Crippen LogP contribution in [0.4, 0.5) is 10.1 Å². The van der Waals surface area contributed by atoms with Gasteiger partial charge in [-0.25, -0.2) is 17.5 Å². The number of tetrazole rings is 1. The van der Waals surface area contributed by atoms with Crippen molar-refractivity contribution in [2.75, 3.05) is 11.6 Å². The molecule has 0 aliphatic rings. The molecule has 0 aliphatic heterocycles. The molecule has 4 rings (SSSR count). The molecule has 43 heavy (non-hydrogen) atoms. The van der Waals surface area contributed by atoms with Crippen LogP contribution in [0.3, 0.4) is 0 Å². The molecule has 0 fully saturated rings. The van der Waals surface area contributed by atoms with E-state index in [9.17, 15) is 27.2 Å². The Morgan fingerprint density at radius 1 is 1.05 bits per heavy atom. The number of nitrogens with one attached hydrogen (secondary N) is 3. The Labute approximate surface area is 260 Å². The van der Waals surface area contributed by atoms with Crippen molar-refractivity contribution in [2.45, 2.75) is 16.9 Å². The average Bonchev–Trinajstić information content (AvgIpc) is 3.50. The normalized spacial score (nSPS) is 12.1. The number of sulfonamides is 1. The number of alkyl halides is 1. The first kappa shape index (κ1) is 31.4. The minimum atomic E-state index is -3.90. The number of amides is 3. The molecule has 0 bridgehead atoms.